The second-order valence-electron chi connectivity index (χ2n) is 3.74. The number of rotatable bonds is 4. The molecular formula is C12H15IO3. The van der Waals surface area contributed by atoms with E-state index in [0.29, 0.717) is 5.75 Å². The van der Waals surface area contributed by atoms with Crippen LogP contribution in [0.5, 0.6) is 5.75 Å². The molecule has 0 fully saturated rings. The minimum Gasteiger partial charge on any atom is -0.477 e. The molecule has 0 bridgehead atoms. The molecule has 88 valence electrons. The molecular weight excluding hydrogens is 319 g/mol. The van der Waals surface area contributed by atoms with Gasteiger partial charge < -0.3 is 9.47 Å². The molecule has 0 N–H and O–H groups in total. The van der Waals surface area contributed by atoms with Gasteiger partial charge in [-0.2, -0.15) is 0 Å². The van der Waals surface area contributed by atoms with Gasteiger partial charge in [-0.3, -0.25) is 0 Å². The van der Waals surface area contributed by atoms with E-state index in [1.54, 1.807) is 0 Å². The molecule has 0 aliphatic heterocycles. The second-order valence-corrected chi connectivity index (χ2v) is 4.90. The van der Waals surface area contributed by atoms with Crippen LogP contribution >= 0.6 is 22.6 Å². The maximum atomic E-state index is 11.5. The van der Waals surface area contributed by atoms with Crippen molar-refractivity contribution in [2.45, 2.75) is 20.0 Å². The van der Waals surface area contributed by atoms with E-state index in [-0.39, 0.29) is 11.9 Å². The maximum absolute atomic E-state index is 11.5. The van der Waals surface area contributed by atoms with E-state index < -0.39 is 6.10 Å². The molecule has 0 heterocycles. The summed E-state index contributed by atoms with van der Waals surface area (Å²) in [5.74, 6) is 0.449. The number of halogens is 1. The number of carbonyl (C=O) groups excluding carboxylic acids is 1. The fourth-order valence-corrected chi connectivity index (χ4v) is 1.76. The van der Waals surface area contributed by atoms with E-state index in [4.69, 9.17) is 9.47 Å². The Morgan fingerprint density at radius 3 is 2.44 bits per heavy atom. The average Bonchev–Trinajstić information content (AvgIpc) is 2.26. The standard InChI is InChI=1S/C12H15IO3/c1-8(2)11(12(14)15-3)16-10-7-5-4-6-9(10)13/h4-8,11H,1-3H3/t11-/m0/s1. The first-order chi connectivity index (χ1) is 7.56. The lowest BCUT2D eigenvalue weighted by atomic mass is 10.1. The fraction of sp³-hybridized carbons (Fsp3) is 0.417. The lowest BCUT2D eigenvalue weighted by Gasteiger charge is -2.20. The van der Waals surface area contributed by atoms with Gasteiger partial charge in [0.15, 0.2) is 6.10 Å². The summed E-state index contributed by atoms with van der Waals surface area (Å²) in [6.45, 7) is 3.86. The summed E-state index contributed by atoms with van der Waals surface area (Å²) in [4.78, 5) is 11.5. The maximum Gasteiger partial charge on any atom is 0.347 e. The first kappa shape index (κ1) is 13.3. The van der Waals surface area contributed by atoms with Crippen LogP contribution in [-0.2, 0) is 9.53 Å². The molecule has 0 amide bonds. The van der Waals surface area contributed by atoms with Gasteiger partial charge in [0.2, 0.25) is 0 Å². The minimum absolute atomic E-state index is 0.0726. The topological polar surface area (TPSA) is 35.5 Å². The third-order valence-electron chi connectivity index (χ3n) is 2.13. The molecule has 3 nitrogen and oxygen atoms in total. The summed E-state index contributed by atoms with van der Waals surface area (Å²) in [5.41, 5.74) is 0. The smallest absolute Gasteiger partial charge is 0.347 e. The molecule has 0 saturated carbocycles. The predicted molar refractivity (Wildman–Crippen MR) is 70.4 cm³/mol. The summed E-state index contributed by atoms with van der Waals surface area (Å²) in [6, 6.07) is 7.59. The van der Waals surface area contributed by atoms with Gasteiger partial charge in [0.1, 0.15) is 5.75 Å². The van der Waals surface area contributed by atoms with Crippen LogP contribution in [-0.4, -0.2) is 19.2 Å². The van der Waals surface area contributed by atoms with Crippen LogP contribution in [0.3, 0.4) is 0 Å². The number of esters is 1. The van der Waals surface area contributed by atoms with E-state index in [0.717, 1.165) is 3.57 Å². The first-order valence-corrected chi connectivity index (χ1v) is 6.13. The molecule has 0 aromatic heterocycles. The van der Waals surface area contributed by atoms with Gasteiger partial charge in [-0.05, 0) is 34.7 Å². The zero-order chi connectivity index (χ0) is 12.1. The van der Waals surface area contributed by atoms with Crippen molar-refractivity contribution in [1.29, 1.82) is 0 Å². The highest BCUT2D eigenvalue weighted by molar-refractivity contribution is 14.1. The molecule has 0 aliphatic carbocycles. The highest BCUT2D eigenvalue weighted by atomic mass is 127. The molecule has 0 aliphatic rings. The Morgan fingerprint density at radius 1 is 1.31 bits per heavy atom. The van der Waals surface area contributed by atoms with Gasteiger partial charge >= 0.3 is 5.97 Å². The van der Waals surface area contributed by atoms with Gasteiger partial charge in [-0.15, -0.1) is 0 Å². The van der Waals surface area contributed by atoms with Crippen molar-refractivity contribution in [3.8, 4) is 5.75 Å². The Morgan fingerprint density at radius 2 is 1.94 bits per heavy atom. The highest BCUT2D eigenvalue weighted by Gasteiger charge is 2.25. The van der Waals surface area contributed by atoms with E-state index in [1.165, 1.54) is 7.11 Å². The van der Waals surface area contributed by atoms with Crippen molar-refractivity contribution in [2.24, 2.45) is 5.92 Å². The molecule has 0 saturated heterocycles. The Kier molecular flexibility index (Phi) is 5.05. The number of hydrogen-bond donors (Lipinski definition) is 0. The lowest BCUT2D eigenvalue weighted by Crippen LogP contribution is -2.33. The van der Waals surface area contributed by atoms with Crippen molar-refractivity contribution < 1.29 is 14.3 Å². The first-order valence-electron chi connectivity index (χ1n) is 5.05. The monoisotopic (exact) mass is 334 g/mol. The molecule has 0 radical (unpaired) electrons. The summed E-state index contributed by atoms with van der Waals surface area (Å²) in [5, 5.41) is 0. The minimum atomic E-state index is -0.555. The van der Waals surface area contributed by atoms with Crippen LogP contribution in [0.25, 0.3) is 0 Å². The quantitative estimate of drug-likeness (QED) is 0.627. The molecule has 4 heteroatoms. The van der Waals surface area contributed by atoms with E-state index in [1.807, 2.05) is 38.1 Å². The molecule has 1 aromatic rings. The van der Waals surface area contributed by atoms with Crippen molar-refractivity contribution >= 4 is 28.6 Å². The third kappa shape index (κ3) is 3.37. The van der Waals surface area contributed by atoms with Crippen LogP contribution in [0.2, 0.25) is 0 Å². The fourth-order valence-electron chi connectivity index (χ4n) is 1.25. The number of para-hydroxylation sites is 1. The van der Waals surface area contributed by atoms with Gasteiger partial charge in [0.05, 0.1) is 10.7 Å². The average molecular weight is 334 g/mol. The number of carbonyl (C=O) groups is 1. The van der Waals surface area contributed by atoms with Gasteiger partial charge in [0, 0.05) is 5.92 Å². The molecule has 0 spiro atoms. The second kappa shape index (κ2) is 6.08. The summed E-state index contributed by atoms with van der Waals surface area (Å²) < 4.78 is 11.4. The van der Waals surface area contributed by atoms with Gasteiger partial charge in [0.25, 0.3) is 0 Å². The van der Waals surface area contributed by atoms with Crippen LogP contribution in [0, 0.1) is 9.49 Å². The summed E-state index contributed by atoms with van der Waals surface area (Å²) in [6.07, 6.45) is -0.555. The molecule has 1 atom stereocenters. The van der Waals surface area contributed by atoms with E-state index >= 15 is 0 Å². The number of benzene rings is 1. The summed E-state index contributed by atoms with van der Waals surface area (Å²) >= 11 is 2.18. The molecule has 0 unspecified atom stereocenters. The van der Waals surface area contributed by atoms with Crippen LogP contribution in [0.1, 0.15) is 13.8 Å². The van der Waals surface area contributed by atoms with Crippen molar-refractivity contribution in [2.75, 3.05) is 7.11 Å². The highest BCUT2D eigenvalue weighted by Crippen LogP contribution is 2.23. The normalized spacial score (nSPS) is 12.3. The van der Waals surface area contributed by atoms with E-state index in [9.17, 15) is 4.79 Å². The van der Waals surface area contributed by atoms with Crippen molar-refractivity contribution in [3.05, 3.63) is 27.8 Å². The third-order valence-corrected chi connectivity index (χ3v) is 3.02. The van der Waals surface area contributed by atoms with Gasteiger partial charge in [-0.1, -0.05) is 26.0 Å². The zero-order valence-corrected chi connectivity index (χ0v) is 11.7. The number of hydrogen-bond acceptors (Lipinski definition) is 3. The van der Waals surface area contributed by atoms with Crippen LogP contribution in [0.15, 0.2) is 24.3 Å². The zero-order valence-electron chi connectivity index (χ0n) is 9.57. The lowest BCUT2D eigenvalue weighted by molar-refractivity contribution is -0.150. The molecule has 1 aromatic carbocycles. The molecule has 1 rings (SSSR count). The number of ether oxygens (including phenoxy) is 2. The predicted octanol–water partition coefficient (Wildman–Crippen LogP) is 2.87. The van der Waals surface area contributed by atoms with Gasteiger partial charge in [-0.25, -0.2) is 4.79 Å². The van der Waals surface area contributed by atoms with Crippen molar-refractivity contribution in [3.63, 3.8) is 0 Å². The Bertz CT molecular complexity index is 363. The Hall–Kier alpha value is -0.780. The van der Waals surface area contributed by atoms with Crippen LogP contribution in [0.4, 0.5) is 0 Å². The van der Waals surface area contributed by atoms with E-state index in [2.05, 4.69) is 22.6 Å². The van der Waals surface area contributed by atoms with Crippen molar-refractivity contribution in [1.82, 2.24) is 0 Å². The number of methoxy groups -OCH3 is 1. The van der Waals surface area contributed by atoms with Crippen LogP contribution < -0.4 is 4.74 Å². The summed E-state index contributed by atoms with van der Waals surface area (Å²) in [7, 11) is 1.37. The largest absolute Gasteiger partial charge is 0.477 e. The molecule has 16 heavy (non-hydrogen) atoms. The SMILES string of the molecule is COC(=O)[C@@H](Oc1ccccc1I)C(C)C. The Balaban J connectivity index is 2.84. The Labute approximate surface area is 109 Å².